The molecular weight excluding hydrogens is 583 g/mol. The molecule has 0 bridgehead atoms. The maximum Gasteiger partial charge on any atom is 0.264 e. The van der Waals surface area contributed by atoms with Gasteiger partial charge in [-0.25, -0.2) is 8.42 Å². The minimum absolute atomic E-state index is 0.0668. The third-order valence-corrected chi connectivity index (χ3v) is 9.75. The van der Waals surface area contributed by atoms with Crippen LogP contribution in [0, 0.1) is 6.92 Å². The zero-order valence-corrected chi connectivity index (χ0v) is 27.5. The first-order valence-electron chi connectivity index (χ1n) is 14.6. The first-order valence-corrected chi connectivity index (χ1v) is 17.2. The molecule has 43 heavy (non-hydrogen) atoms. The van der Waals surface area contributed by atoms with Crippen LogP contribution in [0.5, 0.6) is 5.75 Å². The molecule has 232 valence electrons. The standard InChI is InChI=1S/C33H43N3O5S2/c1-7-25(5)34-33(38)31(8-2)35(22-26-12-10-24(4)11-13-26)32(37)23-36(27-14-16-28(17-15-27)41-9-3)43(39,40)30-20-18-29(42-6)19-21-30/h10-21,25,31H,7-9,22-23H2,1-6H3,(H,34,38)/t25-,31-/m1/s1. The number of aryl methyl sites for hydroxylation is 1. The summed E-state index contributed by atoms with van der Waals surface area (Å²) in [6, 6.07) is 20.1. The van der Waals surface area contributed by atoms with Crippen molar-refractivity contribution in [1.82, 2.24) is 10.2 Å². The van der Waals surface area contributed by atoms with Crippen LogP contribution in [-0.2, 0) is 26.2 Å². The highest BCUT2D eigenvalue weighted by Crippen LogP contribution is 2.28. The number of carbonyl (C=O) groups excluding carboxylic acids is 2. The second kappa shape index (κ2) is 15.8. The molecule has 10 heteroatoms. The van der Waals surface area contributed by atoms with Gasteiger partial charge in [0.15, 0.2) is 0 Å². The molecule has 0 aromatic heterocycles. The molecule has 0 saturated carbocycles. The highest BCUT2D eigenvalue weighted by atomic mass is 32.2. The quantitative estimate of drug-likeness (QED) is 0.207. The van der Waals surface area contributed by atoms with Crippen molar-refractivity contribution in [2.45, 2.75) is 75.9 Å². The number of benzene rings is 3. The lowest BCUT2D eigenvalue weighted by atomic mass is 10.1. The van der Waals surface area contributed by atoms with Crippen molar-refractivity contribution in [3.8, 4) is 5.75 Å². The van der Waals surface area contributed by atoms with E-state index in [2.05, 4.69) is 5.32 Å². The van der Waals surface area contributed by atoms with Crippen molar-refractivity contribution >= 4 is 39.3 Å². The lowest BCUT2D eigenvalue weighted by molar-refractivity contribution is -0.140. The number of thioether (sulfide) groups is 1. The number of hydrogen-bond donors (Lipinski definition) is 1. The molecule has 0 aliphatic carbocycles. The fourth-order valence-corrected chi connectivity index (χ4v) is 6.35. The van der Waals surface area contributed by atoms with Crippen LogP contribution in [0.25, 0.3) is 0 Å². The summed E-state index contributed by atoms with van der Waals surface area (Å²) in [5.41, 5.74) is 2.23. The van der Waals surface area contributed by atoms with Gasteiger partial charge in [-0.2, -0.15) is 0 Å². The molecule has 0 unspecified atom stereocenters. The Morgan fingerprint density at radius 1 is 0.907 bits per heavy atom. The number of anilines is 1. The van der Waals surface area contributed by atoms with Crippen molar-refractivity contribution in [1.29, 1.82) is 0 Å². The van der Waals surface area contributed by atoms with E-state index in [0.717, 1.165) is 26.7 Å². The number of nitrogens with one attached hydrogen (secondary N) is 1. The molecule has 2 atom stereocenters. The summed E-state index contributed by atoms with van der Waals surface area (Å²) < 4.78 is 34.9. The lowest BCUT2D eigenvalue weighted by Crippen LogP contribution is -2.53. The van der Waals surface area contributed by atoms with Crippen molar-refractivity contribution in [2.24, 2.45) is 0 Å². The fraction of sp³-hybridized carbons (Fsp3) is 0.394. The first kappa shape index (κ1) is 34.0. The van der Waals surface area contributed by atoms with Crippen LogP contribution in [0.4, 0.5) is 5.69 Å². The summed E-state index contributed by atoms with van der Waals surface area (Å²) in [5.74, 6) is -0.154. The lowest BCUT2D eigenvalue weighted by Gasteiger charge is -2.33. The van der Waals surface area contributed by atoms with Gasteiger partial charge in [-0.05, 0) is 94.0 Å². The Bertz CT molecular complexity index is 1440. The topological polar surface area (TPSA) is 96.0 Å². The largest absolute Gasteiger partial charge is 0.494 e. The number of hydrogen-bond acceptors (Lipinski definition) is 6. The second-order valence-corrected chi connectivity index (χ2v) is 13.1. The predicted molar refractivity (Wildman–Crippen MR) is 174 cm³/mol. The van der Waals surface area contributed by atoms with E-state index in [-0.39, 0.29) is 23.4 Å². The smallest absolute Gasteiger partial charge is 0.264 e. The number of ether oxygens (including phenoxy) is 1. The molecule has 0 spiro atoms. The third-order valence-electron chi connectivity index (χ3n) is 7.22. The van der Waals surface area contributed by atoms with Crippen LogP contribution >= 0.6 is 11.8 Å². The Balaban J connectivity index is 2.06. The minimum Gasteiger partial charge on any atom is -0.494 e. The predicted octanol–water partition coefficient (Wildman–Crippen LogP) is 6.03. The Morgan fingerprint density at radius 2 is 1.53 bits per heavy atom. The van der Waals surface area contributed by atoms with E-state index < -0.39 is 28.5 Å². The van der Waals surface area contributed by atoms with Crippen LogP contribution in [0.3, 0.4) is 0 Å². The Labute approximate surface area is 260 Å². The molecule has 0 aliphatic rings. The summed E-state index contributed by atoms with van der Waals surface area (Å²) in [4.78, 5) is 30.1. The number of sulfonamides is 1. The van der Waals surface area contributed by atoms with Gasteiger partial charge in [0.2, 0.25) is 11.8 Å². The molecule has 0 aliphatic heterocycles. The van der Waals surface area contributed by atoms with Crippen LogP contribution in [0.15, 0.2) is 82.6 Å². The molecule has 1 N–H and O–H groups in total. The normalized spacial score (nSPS) is 12.7. The number of amides is 2. The average molecular weight is 626 g/mol. The third kappa shape index (κ3) is 9.00. The molecule has 8 nitrogen and oxygen atoms in total. The Morgan fingerprint density at radius 3 is 2.07 bits per heavy atom. The van der Waals surface area contributed by atoms with Crippen molar-refractivity contribution < 1.29 is 22.7 Å². The maximum absolute atomic E-state index is 14.2. The van der Waals surface area contributed by atoms with Crippen molar-refractivity contribution in [3.05, 3.63) is 83.9 Å². The van der Waals surface area contributed by atoms with E-state index in [0.29, 0.717) is 24.5 Å². The highest BCUT2D eigenvalue weighted by molar-refractivity contribution is 7.98. The summed E-state index contributed by atoms with van der Waals surface area (Å²) in [5, 5.41) is 3.00. The number of rotatable bonds is 15. The van der Waals surface area contributed by atoms with Gasteiger partial charge >= 0.3 is 0 Å². The SMILES string of the molecule is CCOc1ccc(N(CC(=O)N(Cc2ccc(C)cc2)[C@H](CC)C(=O)N[C@H](C)CC)S(=O)(=O)c2ccc(SC)cc2)cc1. The number of nitrogens with zero attached hydrogens (tertiary/aromatic N) is 2. The van der Waals surface area contributed by atoms with E-state index >= 15 is 0 Å². The van der Waals surface area contributed by atoms with Gasteiger partial charge in [-0.1, -0.05) is 43.7 Å². The molecule has 0 heterocycles. The van der Waals surface area contributed by atoms with E-state index in [1.165, 1.54) is 16.7 Å². The maximum atomic E-state index is 14.2. The molecule has 3 aromatic carbocycles. The summed E-state index contributed by atoms with van der Waals surface area (Å²) >= 11 is 1.51. The van der Waals surface area contributed by atoms with Gasteiger partial charge in [-0.15, -0.1) is 11.8 Å². The summed E-state index contributed by atoms with van der Waals surface area (Å²) in [6.07, 6.45) is 3.03. The number of carbonyl (C=O) groups is 2. The molecule has 3 rings (SSSR count). The Hall–Kier alpha value is -3.50. The van der Waals surface area contributed by atoms with Crippen LogP contribution in [-0.4, -0.2) is 56.6 Å². The van der Waals surface area contributed by atoms with Crippen molar-refractivity contribution in [2.75, 3.05) is 23.7 Å². The van der Waals surface area contributed by atoms with Gasteiger partial charge in [0, 0.05) is 17.5 Å². The molecular formula is C33H43N3O5S2. The van der Waals surface area contributed by atoms with E-state index in [4.69, 9.17) is 4.74 Å². The Kier molecular flexibility index (Phi) is 12.5. The fourth-order valence-electron chi connectivity index (χ4n) is 4.53. The van der Waals surface area contributed by atoms with Crippen LogP contribution in [0.2, 0.25) is 0 Å². The second-order valence-electron chi connectivity index (χ2n) is 10.4. The van der Waals surface area contributed by atoms with Gasteiger partial charge in [0.1, 0.15) is 18.3 Å². The zero-order chi connectivity index (χ0) is 31.6. The van der Waals surface area contributed by atoms with Gasteiger partial charge in [0.05, 0.1) is 17.2 Å². The average Bonchev–Trinajstić information content (AvgIpc) is 3.01. The van der Waals surface area contributed by atoms with E-state index in [1.54, 1.807) is 48.5 Å². The summed E-state index contributed by atoms with van der Waals surface area (Å²) in [6.45, 7) is 9.73. The van der Waals surface area contributed by atoms with Gasteiger partial charge in [0.25, 0.3) is 10.0 Å². The monoisotopic (exact) mass is 625 g/mol. The zero-order valence-electron chi connectivity index (χ0n) is 25.9. The van der Waals surface area contributed by atoms with Crippen molar-refractivity contribution in [3.63, 3.8) is 0 Å². The molecule has 0 fully saturated rings. The first-order chi connectivity index (χ1) is 20.5. The molecule has 2 amide bonds. The molecule has 3 aromatic rings. The van der Waals surface area contributed by atoms with Gasteiger partial charge in [-0.3, -0.25) is 13.9 Å². The summed E-state index contributed by atoms with van der Waals surface area (Å²) in [7, 11) is -4.15. The molecule has 0 saturated heterocycles. The highest BCUT2D eigenvalue weighted by Gasteiger charge is 2.34. The van der Waals surface area contributed by atoms with E-state index in [1.807, 2.05) is 65.1 Å². The van der Waals surface area contributed by atoms with E-state index in [9.17, 15) is 18.0 Å². The van der Waals surface area contributed by atoms with Crippen LogP contribution < -0.4 is 14.4 Å². The minimum atomic E-state index is -4.15. The van der Waals surface area contributed by atoms with Gasteiger partial charge < -0.3 is 15.0 Å². The molecule has 0 radical (unpaired) electrons. The van der Waals surface area contributed by atoms with Crippen LogP contribution in [0.1, 0.15) is 51.7 Å².